The molecule has 0 unspecified atom stereocenters. The van der Waals surface area contributed by atoms with Gasteiger partial charge in [-0.15, -0.1) is 0 Å². The van der Waals surface area contributed by atoms with Gasteiger partial charge in [-0.2, -0.15) is 0 Å². The van der Waals surface area contributed by atoms with Gasteiger partial charge in [0, 0.05) is 12.1 Å². The molecule has 0 bridgehead atoms. The van der Waals surface area contributed by atoms with Crippen LogP contribution in [-0.4, -0.2) is 29.9 Å². The standard InChI is InChI=1S/C25H18ClN3O7/c1-35-21-12-16(11-20(26)22(21)36-14-15-6-3-2-4-7-15)10-19-23(30)27-25(32)28(24(19)31)17-8-5-9-18(13-17)29(33)34/h2-13H,14H2,1H3,(H,27,30,32)/b19-10+. The summed E-state index contributed by atoms with van der Waals surface area (Å²) >= 11 is 6.42. The fraction of sp³-hybridized carbons (Fsp3) is 0.0800. The molecule has 0 atom stereocenters. The molecule has 3 aromatic carbocycles. The van der Waals surface area contributed by atoms with Crippen molar-refractivity contribution < 1.29 is 28.8 Å². The smallest absolute Gasteiger partial charge is 0.335 e. The summed E-state index contributed by atoms with van der Waals surface area (Å²) in [5.74, 6) is -1.34. The maximum absolute atomic E-state index is 13.1. The molecule has 0 aromatic heterocycles. The van der Waals surface area contributed by atoms with Crippen LogP contribution in [0, 0.1) is 10.1 Å². The summed E-state index contributed by atoms with van der Waals surface area (Å²) in [4.78, 5) is 49.1. The molecule has 1 fully saturated rings. The number of barbiturate groups is 1. The number of urea groups is 1. The Morgan fingerprint density at radius 3 is 2.50 bits per heavy atom. The minimum atomic E-state index is -1.03. The summed E-state index contributed by atoms with van der Waals surface area (Å²) in [5, 5.41) is 13.3. The van der Waals surface area contributed by atoms with Gasteiger partial charge in [-0.3, -0.25) is 25.0 Å². The maximum Gasteiger partial charge on any atom is 0.335 e. The zero-order valence-corrected chi connectivity index (χ0v) is 19.5. The molecular weight excluding hydrogens is 490 g/mol. The van der Waals surface area contributed by atoms with Crippen LogP contribution in [0.4, 0.5) is 16.2 Å². The lowest BCUT2D eigenvalue weighted by Gasteiger charge is -2.26. The van der Waals surface area contributed by atoms with E-state index in [1.54, 1.807) is 0 Å². The fourth-order valence-electron chi connectivity index (χ4n) is 3.50. The fourth-order valence-corrected chi connectivity index (χ4v) is 3.77. The van der Waals surface area contributed by atoms with Gasteiger partial charge >= 0.3 is 6.03 Å². The maximum atomic E-state index is 13.1. The number of ether oxygens (including phenoxy) is 2. The zero-order chi connectivity index (χ0) is 25.8. The van der Waals surface area contributed by atoms with Crippen LogP contribution in [0.3, 0.4) is 0 Å². The Labute approximate surface area is 209 Å². The highest BCUT2D eigenvalue weighted by atomic mass is 35.5. The topological polar surface area (TPSA) is 128 Å². The van der Waals surface area contributed by atoms with Gasteiger partial charge in [-0.1, -0.05) is 48.0 Å². The monoisotopic (exact) mass is 507 g/mol. The first-order valence-corrected chi connectivity index (χ1v) is 10.9. The SMILES string of the molecule is COc1cc(/C=C2\C(=O)NC(=O)N(c3cccc([N+](=O)[O-])c3)C2=O)cc(Cl)c1OCc1ccccc1. The van der Waals surface area contributed by atoms with Crippen molar-refractivity contribution in [3.63, 3.8) is 0 Å². The number of rotatable bonds is 7. The Morgan fingerprint density at radius 1 is 1.06 bits per heavy atom. The number of carbonyl (C=O) groups is 3. The second kappa shape index (κ2) is 10.3. The third-order valence-electron chi connectivity index (χ3n) is 5.19. The Morgan fingerprint density at radius 2 is 1.81 bits per heavy atom. The second-order valence-electron chi connectivity index (χ2n) is 7.54. The van der Waals surface area contributed by atoms with Gasteiger partial charge in [0.15, 0.2) is 11.5 Å². The number of hydrogen-bond donors (Lipinski definition) is 1. The number of benzene rings is 3. The van der Waals surface area contributed by atoms with Crippen LogP contribution in [-0.2, 0) is 16.2 Å². The minimum absolute atomic E-state index is 0.0645. The number of non-ortho nitro benzene ring substituents is 1. The summed E-state index contributed by atoms with van der Waals surface area (Å²) in [6.07, 6.45) is 1.24. The molecule has 0 aliphatic carbocycles. The van der Waals surface area contributed by atoms with Crippen molar-refractivity contribution in [2.75, 3.05) is 12.0 Å². The first kappa shape index (κ1) is 24.4. The van der Waals surface area contributed by atoms with Gasteiger partial charge in [-0.25, -0.2) is 9.69 Å². The lowest BCUT2D eigenvalue weighted by atomic mass is 10.1. The van der Waals surface area contributed by atoms with Crippen LogP contribution in [0.2, 0.25) is 5.02 Å². The van der Waals surface area contributed by atoms with Gasteiger partial charge in [0.25, 0.3) is 17.5 Å². The molecule has 4 amide bonds. The van der Waals surface area contributed by atoms with Gasteiger partial charge in [0.1, 0.15) is 12.2 Å². The molecule has 1 saturated heterocycles. The lowest BCUT2D eigenvalue weighted by molar-refractivity contribution is -0.384. The van der Waals surface area contributed by atoms with Crippen LogP contribution in [0.1, 0.15) is 11.1 Å². The van der Waals surface area contributed by atoms with Crippen LogP contribution >= 0.6 is 11.6 Å². The number of halogens is 1. The van der Waals surface area contributed by atoms with E-state index in [1.807, 2.05) is 30.3 Å². The number of nitrogens with one attached hydrogen (secondary N) is 1. The number of methoxy groups -OCH3 is 1. The van der Waals surface area contributed by atoms with Crippen molar-refractivity contribution in [1.29, 1.82) is 0 Å². The Kier molecular flexibility index (Phi) is 6.98. The Balaban J connectivity index is 1.66. The molecule has 36 heavy (non-hydrogen) atoms. The zero-order valence-electron chi connectivity index (χ0n) is 18.8. The quantitative estimate of drug-likeness (QED) is 0.216. The molecule has 11 heteroatoms. The second-order valence-corrected chi connectivity index (χ2v) is 7.95. The minimum Gasteiger partial charge on any atom is -0.493 e. The molecule has 0 radical (unpaired) electrons. The molecule has 1 heterocycles. The summed E-state index contributed by atoms with van der Waals surface area (Å²) < 4.78 is 11.2. The number of amides is 4. The van der Waals surface area contributed by atoms with Gasteiger partial charge in [-0.05, 0) is 35.4 Å². The number of hydrogen-bond acceptors (Lipinski definition) is 7. The van der Waals surface area contributed by atoms with E-state index in [0.717, 1.165) is 11.6 Å². The molecule has 1 N–H and O–H groups in total. The summed E-state index contributed by atoms with van der Waals surface area (Å²) in [6, 6.07) is 16.3. The predicted molar refractivity (Wildman–Crippen MR) is 131 cm³/mol. The number of carbonyl (C=O) groups excluding carboxylic acids is 3. The third kappa shape index (κ3) is 5.03. The molecule has 0 saturated carbocycles. The molecule has 1 aliphatic rings. The van der Waals surface area contributed by atoms with Gasteiger partial charge in [0.2, 0.25) is 0 Å². The summed E-state index contributed by atoms with van der Waals surface area (Å²) in [6.45, 7) is 0.235. The number of nitrogens with zero attached hydrogens (tertiary/aromatic N) is 2. The highest BCUT2D eigenvalue weighted by Gasteiger charge is 2.37. The number of nitro benzene ring substituents is 1. The first-order valence-electron chi connectivity index (χ1n) is 10.5. The van der Waals surface area contributed by atoms with Gasteiger partial charge in [0.05, 0.1) is 22.7 Å². The number of imide groups is 2. The average Bonchev–Trinajstić information content (AvgIpc) is 2.86. The Bertz CT molecular complexity index is 1410. The Hall–Kier alpha value is -4.70. The molecule has 4 rings (SSSR count). The van der Waals surface area contributed by atoms with Crippen LogP contribution < -0.4 is 19.7 Å². The molecule has 10 nitrogen and oxygen atoms in total. The summed E-state index contributed by atoms with van der Waals surface area (Å²) in [5.41, 5.74) is 0.480. The predicted octanol–water partition coefficient (Wildman–Crippen LogP) is 4.50. The first-order chi connectivity index (χ1) is 17.3. The van der Waals surface area contributed by atoms with Gasteiger partial charge < -0.3 is 9.47 Å². The highest BCUT2D eigenvalue weighted by Crippen LogP contribution is 2.38. The normalized spacial score (nSPS) is 14.6. The number of nitro groups is 1. The van der Waals surface area contributed by atoms with E-state index < -0.39 is 22.8 Å². The van der Waals surface area contributed by atoms with E-state index in [2.05, 4.69) is 5.32 Å². The molecule has 1 aliphatic heterocycles. The highest BCUT2D eigenvalue weighted by molar-refractivity contribution is 6.39. The molecule has 0 spiro atoms. The molecule has 182 valence electrons. The van der Waals surface area contributed by atoms with E-state index in [-0.39, 0.29) is 40.1 Å². The van der Waals surface area contributed by atoms with Crippen LogP contribution in [0.25, 0.3) is 6.08 Å². The van der Waals surface area contributed by atoms with E-state index in [9.17, 15) is 24.5 Å². The molecule has 3 aromatic rings. The third-order valence-corrected chi connectivity index (χ3v) is 5.47. The van der Waals surface area contributed by atoms with Crippen molar-refractivity contribution in [2.24, 2.45) is 0 Å². The number of anilines is 1. The van der Waals surface area contributed by atoms with E-state index in [4.69, 9.17) is 21.1 Å². The van der Waals surface area contributed by atoms with E-state index in [0.29, 0.717) is 10.5 Å². The van der Waals surface area contributed by atoms with Crippen molar-refractivity contribution >= 4 is 46.9 Å². The van der Waals surface area contributed by atoms with E-state index in [1.165, 1.54) is 43.5 Å². The van der Waals surface area contributed by atoms with Crippen LogP contribution in [0.5, 0.6) is 11.5 Å². The largest absolute Gasteiger partial charge is 0.493 e. The van der Waals surface area contributed by atoms with Crippen molar-refractivity contribution in [1.82, 2.24) is 5.32 Å². The van der Waals surface area contributed by atoms with Crippen molar-refractivity contribution in [3.8, 4) is 11.5 Å². The summed E-state index contributed by atoms with van der Waals surface area (Å²) in [7, 11) is 1.42. The van der Waals surface area contributed by atoms with Crippen molar-refractivity contribution in [3.05, 3.63) is 98.6 Å². The molecular formula is C25H18ClN3O7. The van der Waals surface area contributed by atoms with Crippen LogP contribution in [0.15, 0.2) is 72.3 Å². The average molecular weight is 508 g/mol. The van der Waals surface area contributed by atoms with E-state index >= 15 is 0 Å². The van der Waals surface area contributed by atoms with Crippen molar-refractivity contribution in [2.45, 2.75) is 6.61 Å². The lowest BCUT2D eigenvalue weighted by Crippen LogP contribution is -2.54.